The Labute approximate surface area is 204 Å². The number of anilines is 1. The molecule has 2 saturated heterocycles. The van der Waals surface area contributed by atoms with Crippen molar-refractivity contribution in [3.8, 4) is 17.0 Å². The molecule has 2 fully saturated rings. The Kier molecular flexibility index (Phi) is 6.44. The molecule has 0 amide bonds. The number of halogens is 3. The van der Waals surface area contributed by atoms with E-state index in [9.17, 15) is 13.2 Å². The van der Waals surface area contributed by atoms with Gasteiger partial charge in [0.25, 0.3) is 0 Å². The maximum absolute atomic E-state index is 13.5. The first kappa shape index (κ1) is 23.9. The van der Waals surface area contributed by atoms with Gasteiger partial charge < -0.3 is 14.4 Å². The smallest absolute Gasteiger partial charge is 0.423 e. The van der Waals surface area contributed by atoms with Crippen LogP contribution in [-0.4, -0.2) is 57.8 Å². The number of hydrogen-bond donors (Lipinski definition) is 2. The molecule has 188 valence electrons. The summed E-state index contributed by atoms with van der Waals surface area (Å²) in [5.41, 5.74) is 0.828. The first-order valence-electron chi connectivity index (χ1n) is 11.5. The second-order valence-corrected chi connectivity index (χ2v) is 8.75. The summed E-state index contributed by atoms with van der Waals surface area (Å²) in [7, 11) is 0. The van der Waals surface area contributed by atoms with Crippen LogP contribution in [0.25, 0.3) is 11.1 Å². The Morgan fingerprint density at radius 1 is 1.17 bits per heavy atom. The molecular formula is C24H24F3N7O2. The first-order chi connectivity index (χ1) is 17.3. The van der Waals surface area contributed by atoms with Gasteiger partial charge in [-0.25, -0.2) is 4.98 Å². The molecule has 2 aliphatic heterocycles. The molecule has 5 rings (SSSR count). The van der Waals surface area contributed by atoms with E-state index in [0.29, 0.717) is 25.9 Å². The van der Waals surface area contributed by atoms with E-state index in [4.69, 9.17) is 20.3 Å². The highest BCUT2D eigenvalue weighted by molar-refractivity contribution is 5.84. The van der Waals surface area contributed by atoms with Gasteiger partial charge in [-0.15, -0.1) is 0 Å². The third kappa shape index (κ3) is 4.94. The van der Waals surface area contributed by atoms with Crippen LogP contribution in [0.3, 0.4) is 0 Å². The number of piperidine rings is 1. The summed E-state index contributed by atoms with van der Waals surface area (Å²) in [4.78, 5) is 14.0. The lowest BCUT2D eigenvalue weighted by atomic mass is 9.96. The number of nitrogens with zero attached hydrogens (tertiary/aromatic N) is 5. The molecular weight excluding hydrogens is 475 g/mol. The van der Waals surface area contributed by atoms with E-state index >= 15 is 0 Å². The molecule has 0 spiro atoms. The summed E-state index contributed by atoms with van der Waals surface area (Å²) in [6.45, 7) is 1.31. The number of aromatic nitrogens is 4. The Balaban J connectivity index is 1.35. The van der Waals surface area contributed by atoms with Gasteiger partial charge in [-0.2, -0.15) is 18.2 Å². The summed E-state index contributed by atoms with van der Waals surface area (Å²) >= 11 is 0. The fourth-order valence-electron chi connectivity index (χ4n) is 4.24. The van der Waals surface area contributed by atoms with Gasteiger partial charge in [-0.1, -0.05) is 6.07 Å². The van der Waals surface area contributed by atoms with Crippen molar-refractivity contribution in [1.82, 2.24) is 19.5 Å². The minimum atomic E-state index is -4.64. The van der Waals surface area contributed by atoms with Gasteiger partial charge in [-0.3, -0.25) is 20.4 Å². The zero-order chi connectivity index (χ0) is 25.3. The van der Waals surface area contributed by atoms with Crippen LogP contribution in [0.1, 0.15) is 18.4 Å². The van der Waals surface area contributed by atoms with Gasteiger partial charge in [-0.05, 0) is 36.6 Å². The minimum absolute atomic E-state index is 0.124. The van der Waals surface area contributed by atoms with Gasteiger partial charge >= 0.3 is 6.18 Å². The zero-order valence-corrected chi connectivity index (χ0v) is 19.2. The molecule has 0 saturated carbocycles. The molecule has 9 nitrogen and oxygen atoms in total. The van der Waals surface area contributed by atoms with Gasteiger partial charge in [0, 0.05) is 49.4 Å². The summed E-state index contributed by atoms with van der Waals surface area (Å²) in [6, 6.07) is 7.23. The van der Waals surface area contributed by atoms with Crippen LogP contribution < -0.4 is 15.1 Å². The zero-order valence-electron chi connectivity index (χ0n) is 19.2. The number of hydrogen-bond acceptors (Lipinski definition) is 8. The lowest BCUT2D eigenvalue weighted by Gasteiger charge is -2.34. The summed E-state index contributed by atoms with van der Waals surface area (Å²) in [6.07, 6.45) is 2.11. The molecule has 0 unspecified atom stereocenters. The maximum Gasteiger partial charge on any atom is 0.423 e. The topological polar surface area (TPSA) is 113 Å². The Bertz CT molecular complexity index is 1310. The number of ether oxygens (including phenoxy) is 2. The Hall–Kier alpha value is -3.80. The van der Waals surface area contributed by atoms with Gasteiger partial charge in [0.05, 0.1) is 13.2 Å². The average molecular weight is 499 g/mol. The highest BCUT2D eigenvalue weighted by Gasteiger charge is 2.38. The fourth-order valence-corrected chi connectivity index (χ4v) is 4.24. The molecule has 1 atom stereocenters. The highest BCUT2D eigenvalue weighted by Crippen LogP contribution is 2.36. The predicted molar refractivity (Wildman–Crippen MR) is 124 cm³/mol. The predicted octanol–water partition coefficient (Wildman–Crippen LogP) is 3.36. The van der Waals surface area contributed by atoms with Crippen molar-refractivity contribution in [2.75, 3.05) is 31.2 Å². The largest absolute Gasteiger partial charge is 0.469 e. The summed E-state index contributed by atoms with van der Waals surface area (Å²) in [5, 5.41) is 17.2. The second-order valence-electron chi connectivity index (χ2n) is 8.75. The third-order valence-corrected chi connectivity index (χ3v) is 6.23. The molecule has 3 aromatic rings. The third-order valence-electron chi connectivity index (χ3n) is 6.23. The molecule has 12 heteroatoms. The molecule has 0 aliphatic carbocycles. The van der Waals surface area contributed by atoms with Crippen molar-refractivity contribution in [1.29, 1.82) is 10.8 Å². The van der Waals surface area contributed by atoms with Crippen LogP contribution in [0, 0.1) is 16.7 Å². The standard InChI is InChI=1S/C24H24F3N7O2/c25-24(26,27)19-11-31-23(32-22(19)36-18-13-35-14-18)33-7-2-4-17(12-33)21(29)34-8-5-15(9-20(34)28)16-3-1-6-30-10-16/h1,3,5-6,8-11,17-18,28-29H,2,4,7,12-14H2/t17-/m0/s1. The second kappa shape index (κ2) is 9.69. The lowest BCUT2D eigenvalue weighted by molar-refractivity contribution is -0.142. The molecule has 0 radical (unpaired) electrons. The van der Waals surface area contributed by atoms with Gasteiger partial charge in [0.1, 0.15) is 23.0 Å². The lowest BCUT2D eigenvalue weighted by Crippen LogP contribution is -2.43. The van der Waals surface area contributed by atoms with Crippen molar-refractivity contribution < 1.29 is 22.6 Å². The van der Waals surface area contributed by atoms with E-state index in [2.05, 4.69) is 15.0 Å². The van der Waals surface area contributed by atoms with E-state index in [-0.39, 0.29) is 36.4 Å². The van der Waals surface area contributed by atoms with E-state index in [0.717, 1.165) is 17.3 Å². The molecule has 2 aliphatic rings. The van der Waals surface area contributed by atoms with Crippen LogP contribution in [0.5, 0.6) is 5.88 Å². The van der Waals surface area contributed by atoms with E-state index < -0.39 is 23.7 Å². The summed E-state index contributed by atoms with van der Waals surface area (Å²) < 4.78 is 52.4. The number of alkyl halides is 3. The normalized spacial score (nSPS) is 18.5. The van der Waals surface area contributed by atoms with Crippen molar-refractivity contribution >= 4 is 11.8 Å². The highest BCUT2D eigenvalue weighted by atomic mass is 19.4. The monoisotopic (exact) mass is 499 g/mol. The van der Waals surface area contributed by atoms with Crippen LogP contribution in [0.2, 0.25) is 0 Å². The minimum Gasteiger partial charge on any atom is -0.469 e. The van der Waals surface area contributed by atoms with Crippen LogP contribution in [0.15, 0.2) is 49.1 Å². The van der Waals surface area contributed by atoms with Gasteiger partial charge in [0.15, 0.2) is 0 Å². The van der Waals surface area contributed by atoms with Crippen LogP contribution >= 0.6 is 0 Å². The SMILES string of the molecule is N=C([C@H]1CCCN(c2ncc(C(F)(F)F)c(OC3COC3)n2)C1)n1ccc(-c2cccnc2)cc1=N. The van der Waals surface area contributed by atoms with Gasteiger partial charge in [0.2, 0.25) is 11.8 Å². The molecule has 5 heterocycles. The van der Waals surface area contributed by atoms with Crippen LogP contribution in [-0.2, 0) is 10.9 Å². The first-order valence-corrected chi connectivity index (χ1v) is 11.5. The quantitative estimate of drug-likeness (QED) is 0.411. The van der Waals surface area contributed by atoms with Crippen molar-refractivity contribution in [3.63, 3.8) is 0 Å². The summed E-state index contributed by atoms with van der Waals surface area (Å²) in [5.74, 6) is -0.407. The fraction of sp³-hybridized carbons (Fsp3) is 0.375. The van der Waals surface area contributed by atoms with E-state index in [1.807, 2.05) is 18.2 Å². The molecule has 2 N–H and O–H groups in total. The van der Waals surface area contributed by atoms with Crippen molar-refractivity contribution in [2.24, 2.45) is 5.92 Å². The number of nitrogens with one attached hydrogen (secondary N) is 2. The maximum atomic E-state index is 13.5. The molecule has 0 aromatic carbocycles. The number of rotatable bonds is 5. The van der Waals surface area contributed by atoms with Crippen molar-refractivity contribution in [2.45, 2.75) is 25.1 Å². The number of pyridine rings is 2. The average Bonchev–Trinajstić information content (AvgIpc) is 2.85. The molecule has 3 aromatic heterocycles. The van der Waals surface area contributed by atoms with Crippen LogP contribution in [0.4, 0.5) is 19.1 Å². The van der Waals surface area contributed by atoms with E-state index in [1.165, 1.54) is 4.57 Å². The Morgan fingerprint density at radius 2 is 2.00 bits per heavy atom. The van der Waals surface area contributed by atoms with Crippen molar-refractivity contribution in [3.05, 3.63) is 60.1 Å². The van der Waals surface area contributed by atoms with E-state index in [1.54, 1.807) is 29.6 Å². The Morgan fingerprint density at radius 3 is 2.67 bits per heavy atom. The molecule has 36 heavy (non-hydrogen) atoms. The molecule has 0 bridgehead atoms.